The van der Waals surface area contributed by atoms with Crippen LogP contribution in [0.15, 0.2) is 137 Å². The highest BCUT2D eigenvalue weighted by atomic mass is 32.1. The normalized spacial score (nSPS) is 13.7. The van der Waals surface area contributed by atoms with Crippen molar-refractivity contribution >= 4 is 87.9 Å². The lowest BCUT2D eigenvalue weighted by Gasteiger charge is -2.25. The highest BCUT2D eigenvalue weighted by molar-refractivity contribution is 7.79. The van der Waals surface area contributed by atoms with Crippen LogP contribution in [0.3, 0.4) is 0 Å². The maximum atomic E-state index is 11.6. The number of carboxylic acids is 2. The van der Waals surface area contributed by atoms with E-state index in [0.717, 1.165) is 37.9 Å². The predicted octanol–water partition coefficient (Wildman–Crippen LogP) is 10.4. The molecule has 0 spiro atoms. The Labute approximate surface area is 327 Å². The SMILES string of the molecule is Cc1cc(C2=CC=C(c3cc(/C=C(\C#N)CC(=O)O)cc(/C=C(\C#N)C(=O)O)c3)/C(=N/S)C2=N)sc1-c1ccc(N(c2ccccc2)c2ccccc2)cc1. The molecule has 55 heavy (non-hydrogen) atoms. The van der Waals surface area contributed by atoms with Crippen molar-refractivity contribution in [2.45, 2.75) is 13.3 Å². The molecule has 9 nitrogen and oxygen atoms in total. The van der Waals surface area contributed by atoms with Crippen molar-refractivity contribution in [3.63, 3.8) is 0 Å². The van der Waals surface area contributed by atoms with Crippen LogP contribution in [-0.4, -0.2) is 33.6 Å². The highest BCUT2D eigenvalue weighted by Crippen LogP contribution is 2.41. The van der Waals surface area contributed by atoms with E-state index in [1.54, 1.807) is 41.7 Å². The van der Waals surface area contributed by atoms with Crippen LogP contribution in [-0.2, 0) is 9.59 Å². The summed E-state index contributed by atoms with van der Waals surface area (Å²) in [5.74, 6) is -2.60. The third-order valence-electron chi connectivity index (χ3n) is 8.65. The minimum absolute atomic E-state index is 0.0304. The Morgan fingerprint density at radius 2 is 1.38 bits per heavy atom. The van der Waals surface area contributed by atoms with Gasteiger partial charge in [0.25, 0.3) is 0 Å². The minimum atomic E-state index is -1.42. The second-order valence-electron chi connectivity index (χ2n) is 12.4. The summed E-state index contributed by atoms with van der Waals surface area (Å²) in [6.45, 7) is 2.03. The van der Waals surface area contributed by atoms with E-state index in [0.29, 0.717) is 27.8 Å². The molecule has 0 bridgehead atoms. The number of aryl methyl sites for hydroxylation is 1. The Balaban J connectivity index is 1.37. The first-order valence-corrected chi connectivity index (χ1v) is 18.0. The molecule has 0 atom stereocenters. The number of thiol groups is 1. The van der Waals surface area contributed by atoms with E-state index in [2.05, 4.69) is 70.6 Å². The number of rotatable bonds is 11. The zero-order valence-corrected chi connectivity index (χ0v) is 31.0. The number of carbonyl (C=O) groups is 2. The number of thiophene rings is 1. The molecule has 6 rings (SSSR count). The quantitative estimate of drug-likeness (QED) is 0.0451. The van der Waals surface area contributed by atoms with Crippen LogP contribution in [0, 0.1) is 35.0 Å². The number of anilines is 3. The largest absolute Gasteiger partial charge is 0.481 e. The summed E-state index contributed by atoms with van der Waals surface area (Å²) in [5, 5.41) is 46.9. The molecule has 0 unspecified atom stereocenters. The summed E-state index contributed by atoms with van der Waals surface area (Å²) in [6, 6.07) is 39.2. The lowest BCUT2D eigenvalue weighted by Crippen LogP contribution is -2.19. The number of para-hydroxylation sites is 2. The zero-order valence-electron chi connectivity index (χ0n) is 29.3. The van der Waals surface area contributed by atoms with Gasteiger partial charge in [-0.3, -0.25) is 10.2 Å². The van der Waals surface area contributed by atoms with Crippen LogP contribution >= 0.6 is 24.2 Å². The number of nitriles is 2. The molecule has 1 heterocycles. The van der Waals surface area contributed by atoms with Gasteiger partial charge >= 0.3 is 11.9 Å². The van der Waals surface area contributed by atoms with Crippen LogP contribution < -0.4 is 4.90 Å². The molecule has 1 aliphatic carbocycles. The molecule has 0 aliphatic heterocycles. The fourth-order valence-electron chi connectivity index (χ4n) is 6.19. The van der Waals surface area contributed by atoms with Crippen molar-refractivity contribution in [1.82, 2.24) is 0 Å². The first kappa shape index (κ1) is 37.7. The number of aliphatic carboxylic acids is 2. The van der Waals surface area contributed by atoms with Gasteiger partial charge in [0.2, 0.25) is 0 Å². The van der Waals surface area contributed by atoms with Crippen LogP contribution in [0.2, 0.25) is 0 Å². The van der Waals surface area contributed by atoms with Gasteiger partial charge in [-0.1, -0.05) is 60.7 Å². The molecule has 1 aromatic heterocycles. The molecule has 0 amide bonds. The minimum Gasteiger partial charge on any atom is -0.481 e. The van der Waals surface area contributed by atoms with E-state index in [-0.39, 0.29) is 17.0 Å². The van der Waals surface area contributed by atoms with Crippen molar-refractivity contribution in [3.05, 3.63) is 160 Å². The van der Waals surface area contributed by atoms with Crippen molar-refractivity contribution in [1.29, 1.82) is 15.9 Å². The van der Waals surface area contributed by atoms with E-state index in [1.165, 1.54) is 12.2 Å². The Hall–Kier alpha value is -7.05. The van der Waals surface area contributed by atoms with Crippen molar-refractivity contribution in [2.24, 2.45) is 4.40 Å². The molecule has 11 heteroatoms. The lowest BCUT2D eigenvalue weighted by atomic mass is 9.87. The average molecular weight is 758 g/mol. The smallest absolute Gasteiger partial charge is 0.346 e. The van der Waals surface area contributed by atoms with Gasteiger partial charge in [-0.25, -0.2) is 9.19 Å². The number of nitrogens with zero attached hydrogens (tertiary/aromatic N) is 4. The fraction of sp³-hybridized carbons (Fsp3) is 0.0455. The van der Waals surface area contributed by atoms with Gasteiger partial charge in [0.15, 0.2) is 0 Å². The summed E-state index contributed by atoms with van der Waals surface area (Å²) in [6.07, 6.45) is 5.66. The van der Waals surface area contributed by atoms with Crippen molar-refractivity contribution in [2.75, 3.05) is 4.90 Å². The first-order chi connectivity index (χ1) is 26.6. The number of nitrogens with one attached hydrogen (secondary N) is 1. The summed E-state index contributed by atoms with van der Waals surface area (Å²) in [5.41, 5.74) is 7.31. The first-order valence-electron chi connectivity index (χ1n) is 16.8. The molecule has 0 saturated carbocycles. The van der Waals surface area contributed by atoms with E-state index in [4.69, 9.17) is 0 Å². The summed E-state index contributed by atoms with van der Waals surface area (Å²) in [7, 11) is 0. The maximum Gasteiger partial charge on any atom is 0.346 e. The predicted molar refractivity (Wildman–Crippen MR) is 223 cm³/mol. The second kappa shape index (κ2) is 16.7. The molecular formula is C44H31N5O4S2. The van der Waals surface area contributed by atoms with Gasteiger partial charge in [-0.2, -0.15) is 10.5 Å². The topological polar surface area (TPSA) is 162 Å². The maximum absolute atomic E-state index is 11.6. The zero-order chi connectivity index (χ0) is 39.1. The van der Waals surface area contributed by atoms with E-state index >= 15 is 0 Å². The standard InChI is InChI=1S/C44H31N5O4S2/c1-27-18-39(55-43(27)31-12-14-36(15-13-31)49(34-8-4-2-5-9-34)35-10-6-3-7-11-35)38-17-16-37(42(48-54)41(38)47)32-21-28(20-30(25-45)24-40(50)51)19-29(22-32)23-33(26-46)44(52)53/h2-23,47,54H,24H2,1H3,(H,50,51)(H,52,53)/b30-20-,33-23+,47-41?,48-42-. The molecule has 0 radical (unpaired) electrons. The van der Waals surface area contributed by atoms with E-state index in [9.17, 15) is 35.7 Å². The number of allylic oxidation sites excluding steroid dienone is 4. The molecule has 0 fully saturated rings. The second-order valence-corrected chi connectivity index (χ2v) is 13.6. The van der Waals surface area contributed by atoms with Crippen LogP contribution in [0.25, 0.3) is 33.7 Å². The third kappa shape index (κ3) is 8.45. The lowest BCUT2D eigenvalue weighted by molar-refractivity contribution is -0.136. The van der Waals surface area contributed by atoms with E-state index < -0.39 is 23.9 Å². The Bertz CT molecular complexity index is 2530. The van der Waals surface area contributed by atoms with Crippen LogP contribution in [0.1, 0.15) is 33.6 Å². The van der Waals surface area contributed by atoms with Crippen LogP contribution in [0.5, 0.6) is 0 Å². The van der Waals surface area contributed by atoms with Crippen LogP contribution in [0.4, 0.5) is 17.1 Å². The molecule has 5 aromatic rings. The van der Waals surface area contributed by atoms with Gasteiger partial charge in [-0.15, -0.1) is 11.3 Å². The summed E-state index contributed by atoms with van der Waals surface area (Å²) < 4.78 is 4.18. The molecule has 0 saturated heterocycles. The Morgan fingerprint density at radius 1 is 0.800 bits per heavy atom. The van der Waals surface area contributed by atoms with Gasteiger partial charge in [0.05, 0.1) is 18.2 Å². The number of hydrogen-bond acceptors (Lipinski definition) is 9. The number of hydrogen-bond donors (Lipinski definition) is 4. The number of benzene rings is 4. The molecular weight excluding hydrogens is 727 g/mol. The Kier molecular flexibility index (Phi) is 11.5. The van der Waals surface area contributed by atoms with E-state index in [1.807, 2.05) is 61.5 Å². The third-order valence-corrected chi connectivity index (χ3v) is 10.2. The molecule has 1 aliphatic rings. The number of carboxylic acid groups (broad SMARTS) is 2. The molecule has 4 aromatic carbocycles. The summed E-state index contributed by atoms with van der Waals surface area (Å²) >= 11 is 5.79. The Morgan fingerprint density at radius 3 is 1.93 bits per heavy atom. The monoisotopic (exact) mass is 757 g/mol. The van der Waals surface area contributed by atoms with Gasteiger partial charge in [0.1, 0.15) is 17.4 Å². The fourth-order valence-corrected chi connectivity index (χ4v) is 7.61. The highest BCUT2D eigenvalue weighted by Gasteiger charge is 2.25. The van der Waals surface area contributed by atoms with Gasteiger partial charge < -0.3 is 15.1 Å². The molecule has 3 N–H and O–H groups in total. The molecule has 268 valence electrons. The van der Waals surface area contributed by atoms with Crippen molar-refractivity contribution < 1.29 is 19.8 Å². The summed E-state index contributed by atoms with van der Waals surface area (Å²) in [4.78, 5) is 27.1. The van der Waals surface area contributed by atoms with Gasteiger partial charge in [0, 0.05) is 43.5 Å². The average Bonchev–Trinajstić information content (AvgIpc) is 3.58. The van der Waals surface area contributed by atoms with Gasteiger partial charge in [-0.05, 0) is 120 Å². The van der Waals surface area contributed by atoms with Crippen molar-refractivity contribution in [3.8, 4) is 22.6 Å².